The molecule has 0 aromatic heterocycles. The van der Waals surface area contributed by atoms with E-state index in [4.69, 9.17) is 12.2 Å². The molecule has 0 atom stereocenters. The zero-order chi connectivity index (χ0) is 15.8. The first kappa shape index (κ1) is 16.2. The van der Waals surface area contributed by atoms with E-state index in [1.54, 1.807) is 12.1 Å². The number of benzene rings is 1. The Morgan fingerprint density at radius 3 is 2.36 bits per heavy atom. The van der Waals surface area contributed by atoms with Crippen molar-refractivity contribution in [3.63, 3.8) is 0 Å². The topological polar surface area (TPSA) is 82.3 Å². The highest BCUT2D eigenvalue weighted by Crippen LogP contribution is 2.23. The number of hydrogen-bond acceptors (Lipinski definition) is 3. The van der Waals surface area contributed by atoms with Crippen LogP contribution in [0.3, 0.4) is 0 Å². The standard InChI is InChI=1S/C15H20N4O2S/c20-13(11-7-3-1-4-8-11)17-15(22)19-18-14(21)16-12-9-5-2-6-10-12/h2,5-6,9-11H,1,3-4,7-8H2,(H2,16,18,21)(H2,17,19,20,22). The number of amides is 3. The van der Waals surface area contributed by atoms with Crippen molar-refractivity contribution >= 4 is 35.0 Å². The molecular formula is C15H20N4O2S. The summed E-state index contributed by atoms with van der Waals surface area (Å²) in [7, 11) is 0. The number of carbonyl (C=O) groups is 2. The lowest BCUT2D eigenvalue weighted by Crippen LogP contribution is -2.50. The molecule has 2 rings (SSSR count). The SMILES string of the molecule is O=C(NNC(=S)NC(=O)C1CCCCC1)Nc1ccccc1. The first-order valence-electron chi connectivity index (χ1n) is 7.38. The van der Waals surface area contributed by atoms with Gasteiger partial charge in [-0.15, -0.1) is 0 Å². The van der Waals surface area contributed by atoms with Crippen LogP contribution in [0, 0.1) is 5.92 Å². The van der Waals surface area contributed by atoms with Crippen LogP contribution in [-0.2, 0) is 4.79 Å². The number of urea groups is 1. The van der Waals surface area contributed by atoms with E-state index >= 15 is 0 Å². The third-order valence-corrected chi connectivity index (χ3v) is 3.74. The number of carbonyl (C=O) groups excluding carboxylic acids is 2. The van der Waals surface area contributed by atoms with Gasteiger partial charge in [-0.2, -0.15) is 0 Å². The molecule has 22 heavy (non-hydrogen) atoms. The van der Waals surface area contributed by atoms with E-state index in [0.717, 1.165) is 25.7 Å². The fourth-order valence-electron chi connectivity index (χ4n) is 2.41. The van der Waals surface area contributed by atoms with Gasteiger partial charge in [0, 0.05) is 11.6 Å². The van der Waals surface area contributed by atoms with E-state index in [2.05, 4.69) is 21.5 Å². The fraction of sp³-hybridized carbons (Fsp3) is 0.400. The second kappa shape index (κ2) is 8.33. The van der Waals surface area contributed by atoms with Gasteiger partial charge in [0.25, 0.3) is 0 Å². The van der Waals surface area contributed by atoms with Gasteiger partial charge in [0.2, 0.25) is 5.91 Å². The summed E-state index contributed by atoms with van der Waals surface area (Å²) < 4.78 is 0. The van der Waals surface area contributed by atoms with Crippen LogP contribution in [0.25, 0.3) is 0 Å². The molecule has 0 unspecified atom stereocenters. The number of nitrogens with one attached hydrogen (secondary N) is 4. The summed E-state index contributed by atoms with van der Waals surface area (Å²) in [6, 6.07) is 8.57. The Bertz CT molecular complexity index is 530. The van der Waals surface area contributed by atoms with Gasteiger partial charge in [-0.05, 0) is 37.2 Å². The van der Waals surface area contributed by atoms with Crippen LogP contribution in [0.5, 0.6) is 0 Å². The molecule has 0 bridgehead atoms. The lowest BCUT2D eigenvalue weighted by Gasteiger charge is -2.21. The maximum absolute atomic E-state index is 12.0. The largest absolute Gasteiger partial charge is 0.337 e. The molecule has 7 heteroatoms. The first-order valence-corrected chi connectivity index (χ1v) is 7.79. The average molecular weight is 320 g/mol. The quantitative estimate of drug-likeness (QED) is 0.498. The van der Waals surface area contributed by atoms with Gasteiger partial charge in [0.05, 0.1) is 0 Å². The molecule has 3 amide bonds. The van der Waals surface area contributed by atoms with Crippen LogP contribution >= 0.6 is 12.2 Å². The van der Waals surface area contributed by atoms with Crippen LogP contribution in [0.2, 0.25) is 0 Å². The zero-order valence-electron chi connectivity index (χ0n) is 12.2. The molecule has 1 aliphatic carbocycles. The third kappa shape index (κ3) is 5.33. The van der Waals surface area contributed by atoms with E-state index in [9.17, 15) is 9.59 Å². The Kier molecular flexibility index (Phi) is 6.14. The highest BCUT2D eigenvalue weighted by Gasteiger charge is 2.21. The second-order valence-corrected chi connectivity index (χ2v) is 5.63. The van der Waals surface area contributed by atoms with Crippen LogP contribution in [-0.4, -0.2) is 17.1 Å². The number of thiocarbonyl (C=S) groups is 1. The highest BCUT2D eigenvalue weighted by molar-refractivity contribution is 7.80. The normalized spacial score (nSPS) is 14.7. The van der Waals surface area contributed by atoms with Crippen molar-refractivity contribution < 1.29 is 9.59 Å². The van der Waals surface area contributed by atoms with E-state index in [1.165, 1.54) is 6.42 Å². The fourth-order valence-corrected chi connectivity index (χ4v) is 2.56. The summed E-state index contributed by atoms with van der Waals surface area (Å²) >= 11 is 5.00. The molecule has 1 aliphatic rings. The van der Waals surface area contributed by atoms with Gasteiger partial charge in [-0.3, -0.25) is 10.2 Å². The molecule has 6 nitrogen and oxygen atoms in total. The zero-order valence-corrected chi connectivity index (χ0v) is 13.0. The molecule has 1 fully saturated rings. The van der Waals surface area contributed by atoms with E-state index < -0.39 is 6.03 Å². The molecular weight excluding hydrogens is 300 g/mol. The number of anilines is 1. The van der Waals surface area contributed by atoms with E-state index in [0.29, 0.717) is 5.69 Å². The van der Waals surface area contributed by atoms with Gasteiger partial charge >= 0.3 is 6.03 Å². The van der Waals surface area contributed by atoms with Gasteiger partial charge in [0.1, 0.15) is 0 Å². The van der Waals surface area contributed by atoms with Crippen molar-refractivity contribution in [1.82, 2.24) is 16.2 Å². The van der Waals surface area contributed by atoms with Crippen molar-refractivity contribution in [3.05, 3.63) is 30.3 Å². The highest BCUT2D eigenvalue weighted by atomic mass is 32.1. The summed E-state index contributed by atoms with van der Waals surface area (Å²) in [4.78, 5) is 23.6. The minimum Gasteiger partial charge on any atom is -0.307 e. The molecule has 0 saturated heterocycles. The molecule has 0 heterocycles. The Hall–Kier alpha value is -2.15. The van der Waals surface area contributed by atoms with Crippen LogP contribution < -0.4 is 21.5 Å². The lowest BCUT2D eigenvalue weighted by atomic mass is 9.89. The van der Waals surface area contributed by atoms with E-state index in [1.807, 2.05) is 18.2 Å². The Labute approximate surface area is 135 Å². The third-order valence-electron chi connectivity index (χ3n) is 3.53. The van der Waals surface area contributed by atoms with Gasteiger partial charge < -0.3 is 10.6 Å². The summed E-state index contributed by atoms with van der Waals surface area (Å²) in [5, 5.41) is 5.33. The lowest BCUT2D eigenvalue weighted by molar-refractivity contribution is -0.124. The second-order valence-electron chi connectivity index (χ2n) is 5.22. The molecule has 118 valence electrons. The average Bonchev–Trinajstić information content (AvgIpc) is 2.55. The van der Waals surface area contributed by atoms with Crippen LogP contribution in [0.15, 0.2) is 30.3 Å². The number of hydrogen-bond donors (Lipinski definition) is 4. The minimum absolute atomic E-state index is 0.0200. The number of hydrazine groups is 1. The van der Waals surface area contributed by atoms with Gasteiger partial charge in [0.15, 0.2) is 5.11 Å². The van der Waals surface area contributed by atoms with Gasteiger partial charge in [-0.25, -0.2) is 10.2 Å². The van der Waals surface area contributed by atoms with Crippen molar-refractivity contribution in [2.45, 2.75) is 32.1 Å². The number of para-hydroxylation sites is 1. The summed E-state index contributed by atoms with van der Waals surface area (Å²) in [6.07, 6.45) is 5.15. The van der Waals surface area contributed by atoms with Crippen LogP contribution in [0.1, 0.15) is 32.1 Å². The van der Waals surface area contributed by atoms with Crippen LogP contribution in [0.4, 0.5) is 10.5 Å². The molecule has 0 aliphatic heterocycles. The smallest absolute Gasteiger partial charge is 0.307 e. The molecule has 4 N–H and O–H groups in total. The summed E-state index contributed by atoms with van der Waals surface area (Å²) in [5.74, 6) is -0.0610. The van der Waals surface area contributed by atoms with Crippen molar-refractivity contribution in [2.24, 2.45) is 5.92 Å². The molecule has 1 aromatic rings. The maximum Gasteiger partial charge on any atom is 0.337 e. The summed E-state index contributed by atoms with van der Waals surface area (Å²) in [6.45, 7) is 0. The van der Waals surface area contributed by atoms with Crippen molar-refractivity contribution in [1.29, 1.82) is 0 Å². The molecule has 1 aromatic carbocycles. The number of rotatable bonds is 2. The Morgan fingerprint density at radius 1 is 1.00 bits per heavy atom. The van der Waals surface area contributed by atoms with E-state index in [-0.39, 0.29) is 16.9 Å². The van der Waals surface area contributed by atoms with Crippen molar-refractivity contribution in [2.75, 3.05) is 5.32 Å². The Balaban J connectivity index is 1.68. The van der Waals surface area contributed by atoms with Crippen molar-refractivity contribution in [3.8, 4) is 0 Å². The monoisotopic (exact) mass is 320 g/mol. The maximum atomic E-state index is 12.0. The molecule has 0 spiro atoms. The Morgan fingerprint density at radius 2 is 1.68 bits per heavy atom. The van der Waals surface area contributed by atoms with Gasteiger partial charge in [-0.1, -0.05) is 37.5 Å². The molecule has 1 saturated carbocycles. The minimum atomic E-state index is -0.458. The predicted molar refractivity (Wildman–Crippen MR) is 89.0 cm³/mol. The predicted octanol–water partition coefficient (Wildman–Crippen LogP) is 2.29. The first-order chi connectivity index (χ1) is 10.6. The molecule has 0 radical (unpaired) electrons. The summed E-state index contributed by atoms with van der Waals surface area (Å²) in [5.41, 5.74) is 5.56.